The summed E-state index contributed by atoms with van der Waals surface area (Å²) in [6, 6.07) is 3.67. The first-order valence-corrected chi connectivity index (χ1v) is 12.1. The minimum atomic E-state index is -1.15. The van der Waals surface area contributed by atoms with Crippen LogP contribution in [0.15, 0.2) is 33.2 Å². The second-order valence-electron chi connectivity index (χ2n) is 6.56. The molecule has 0 aromatic carbocycles. The Balaban J connectivity index is 1.82. The molecule has 0 fully saturated rings. The van der Waals surface area contributed by atoms with Gasteiger partial charge in [0.1, 0.15) is 39.6 Å². The summed E-state index contributed by atoms with van der Waals surface area (Å²) in [5.41, 5.74) is -0.313. The van der Waals surface area contributed by atoms with E-state index in [1.165, 1.54) is 29.1 Å². The van der Waals surface area contributed by atoms with Crippen LogP contribution in [0.4, 0.5) is 0 Å². The molecule has 0 aliphatic carbocycles. The molecule has 0 radical (unpaired) electrons. The van der Waals surface area contributed by atoms with Crippen LogP contribution in [-0.2, 0) is 11.3 Å². The molecule has 170 valence electrons. The van der Waals surface area contributed by atoms with Gasteiger partial charge in [0.25, 0.3) is 0 Å². The third-order valence-corrected chi connectivity index (χ3v) is 6.96. The van der Waals surface area contributed by atoms with Gasteiger partial charge in [0.05, 0.1) is 25.5 Å². The number of aliphatic hydroxyl groups is 3. The fourth-order valence-electron chi connectivity index (χ4n) is 2.53. The minimum absolute atomic E-state index is 0.00888. The van der Waals surface area contributed by atoms with Gasteiger partial charge in [0.15, 0.2) is 5.69 Å². The van der Waals surface area contributed by atoms with Crippen LogP contribution < -0.4 is 0 Å². The van der Waals surface area contributed by atoms with Crippen LogP contribution in [0.3, 0.4) is 0 Å². The average Bonchev–Trinajstić information content (AvgIpc) is 3.39. The van der Waals surface area contributed by atoms with E-state index in [1.54, 1.807) is 17.6 Å². The summed E-state index contributed by atoms with van der Waals surface area (Å²) >= 11 is 11.5. The highest BCUT2D eigenvalue weighted by Crippen LogP contribution is 2.32. The summed E-state index contributed by atoms with van der Waals surface area (Å²) in [7, 11) is 0. The number of thiazole rings is 1. The maximum absolute atomic E-state index is 10.9. The molecule has 0 spiro atoms. The lowest BCUT2D eigenvalue weighted by Crippen LogP contribution is -2.39. The number of ether oxygens (including phenoxy) is 1. The fourth-order valence-corrected chi connectivity index (χ4v) is 5.01. The van der Waals surface area contributed by atoms with Crippen LogP contribution in [0, 0.1) is 11.3 Å². The van der Waals surface area contributed by atoms with Gasteiger partial charge in [0.2, 0.25) is 0 Å². The summed E-state index contributed by atoms with van der Waals surface area (Å²) in [5, 5.41) is 50.4. The Hall–Kier alpha value is -1.63. The molecule has 3 N–H and O–H groups in total. The summed E-state index contributed by atoms with van der Waals surface area (Å²) in [5.74, 6) is 0. The van der Waals surface area contributed by atoms with Crippen molar-refractivity contribution in [3.05, 3.63) is 39.2 Å². The first-order chi connectivity index (χ1) is 15.3. The Morgan fingerprint density at radius 3 is 2.84 bits per heavy atom. The number of pyridine rings is 1. The predicted octanol–water partition coefficient (Wildman–Crippen LogP) is 2.32. The smallest absolute Gasteiger partial charge is 0.154 e. The van der Waals surface area contributed by atoms with Crippen molar-refractivity contribution in [2.75, 3.05) is 6.61 Å². The van der Waals surface area contributed by atoms with Gasteiger partial charge in [-0.25, -0.2) is 14.6 Å². The van der Waals surface area contributed by atoms with E-state index in [0.717, 1.165) is 11.8 Å². The predicted molar refractivity (Wildman–Crippen MR) is 122 cm³/mol. The zero-order chi connectivity index (χ0) is 23.3. The first kappa shape index (κ1) is 25.0. The van der Waals surface area contributed by atoms with Gasteiger partial charge < -0.3 is 20.1 Å². The Kier molecular flexibility index (Phi) is 8.97. The molecule has 32 heavy (non-hydrogen) atoms. The van der Waals surface area contributed by atoms with E-state index in [-0.39, 0.29) is 12.2 Å². The van der Waals surface area contributed by atoms with Gasteiger partial charge in [-0.05, 0) is 28.9 Å². The second kappa shape index (κ2) is 11.5. The Morgan fingerprint density at radius 1 is 1.44 bits per heavy atom. The van der Waals surface area contributed by atoms with Crippen molar-refractivity contribution in [3.63, 3.8) is 0 Å². The van der Waals surface area contributed by atoms with Crippen LogP contribution >= 0.6 is 50.6 Å². The van der Waals surface area contributed by atoms with Crippen molar-refractivity contribution in [1.29, 1.82) is 5.26 Å². The molecule has 3 aromatic rings. The first-order valence-electron chi connectivity index (χ1n) is 9.17. The van der Waals surface area contributed by atoms with Gasteiger partial charge in [-0.1, -0.05) is 28.6 Å². The van der Waals surface area contributed by atoms with E-state index in [1.807, 2.05) is 6.07 Å². The highest BCUT2D eigenvalue weighted by Gasteiger charge is 2.29. The van der Waals surface area contributed by atoms with E-state index in [0.29, 0.717) is 25.2 Å². The highest BCUT2D eigenvalue weighted by atomic mass is 79.9. The fraction of sp³-hybridized carbons (Fsp3) is 0.389. The zero-order valence-corrected chi connectivity index (χ0v) is 20.5. The minimum Gasteiger partial charge on any atom is -0.394 e. The zero-order valence-electron chi connectivity index (χ0n) is 16.5. The molecule has 4 atom stereocenters. The lowest BCUT2D eigenvalue weighted by Gasteiger charge is -2.28. The molecule has 3 aromatic heterocycles. The van der Waals surface area contributed by atoms with Crippen LogP contribution in [0.1, 0.15) is 12.6 Å². The number of rotatable bonds is 10. The van der Waals surface area contributed by atoms with Crippen molar-refractivity contribution in [2.24, 2.45) is 0 Å². The number of aliphatic hydroxyl groups excluding tert-OH is 3. The molecule has 3 rings (SSSR count). The Bertz CT molecular complexity index is 1090. The second-order valence-corrected chi connectivity index (χ2v) is 9.87. The SMILES string of the molecule is C[C@@H](O)C(CO)OC(Sc1cc(Br)cnc1C#N)[C@@H](O)Cn1cc(-c2nc(Cl)cs2)nn1. The normalized spacial score (nSPS) is 15.2. The third-order valence-electron chi connectivity index (χ3n) is 4.12. The number of nitrogens with zero attached hydrogens (tertiary/aromatic N) is 6. The van der Waals surface area contributed by atoms with Gasteiger partial charge in [0, 0.05) is 20.9 Å². The molecule has 3 heterocycles. The topological polar surface area (TPSA) is 150 Å². The van der Waals surface area contributed by atoms with Crippen molar-refractivity contribution in [2.45, 2.75) is 42.1 Å². The molecule has 0 saturated heterocycles. The van der Waals surface area contributed by atoms with E-state index in [2.05, 4.69) is 36.2 Å². The molecule has 0 bridgehead atoms. The third kappa shape index (κ3) is 6.46. The van der Waals surface area contributed by atoms with Gasteiger partial charge in [-0.15, -0.1) is 16.4 Å². The van der Waals surface area contributed by atoms with Crippen molar-refractivity contribution < 1.29 is 20.1 Å². The molecule has 0 amide bonds. The summed E-state index contributed by atoms with van der Waals surface area (Å²) in [6.07, 6.45) is 0.0196. The van der Waals surface area contributed by atoms with Crippen molar-refractivity contribution >= 4 is 50.6 Å². The van der Waals surface area contributed by atoms with E-state index in [4.69, 9.17) is 16.3 Å². The lowest BCUT2D eigenvalue weighted by molar-refractivity contribution is -0.0972. The van der Waals surface area contributed by atoms with Gasteiger partial charge in [-0.2, -0.15) is 5.26 Å². The number of hydrogen-bond donors (Lipinski definition) is 3. The Morgan fingerprint density at radius 2 is 2.22 bits per heavy atom. The lowest BCUT2D eigenvalue weighted by atomic mass is 10.2. The monoisotopic (exact) mass is 560 g/mol. The summed E-state index contributed by atoms with van der Waals surface area (Å²) in [6.45, 7) is 1.01. The molecule has 0 aliphatic heterocycles. The standard InChI is InChI=1S/C18H18BrClN6O4S2/c1-9(28)14(7-27)30-18(32-15-2-10(19)4-22-11(15)3-21)13(29)6-26-5-12(24-25-26)17-23-16(20)8-31-17/h2,4-5,8-9,13-14,18,27-29H,6-7H2,1H3/t9-,13+,14?,18?/m1/s1. The number of hydrogen-bond acceptors (Lipinski definition) is 11. The number of halogens is 2. The molecular weight excluding hydrogens is 544 g/mol. The Labute approximate surface area is 205 Å². The van der Waals surface area contributed by atoms with E-state index < -0.39 is 30.4 Å². The maximum Gasteiger partial charge on any atom is 0.154 e. The molecular formula is C18H18BrClN6O4S2. The van der Waals surface area contributed by atoms with Crippen molar-refractivity contribution in [3.8, 4) is 16.8 Å². The molecule has 10 nitrogen and oxygen atoms in total. The van der Waals surface area contributed by atoms with Crippen LogP contribution in [0.5, 0.6) is 0 Å². The van der Waals surface area contributed by atoms with Gasteiger partial charge >= 0.3 is 0 Å². The molecule has 0 saturated carbocycles. The van der Waals surface area contributed by atoms with Crippen LogP contribution in [0.2, 0.25) is 5.15 Å². The highest BCUT2D eigenvalue weighted by molar-refractivity contribution is 9.10. The van der Waals surface area contributed by atoms with E-state index in [9.17, 15) is 20.6 Å². The van der Waals surface area contributed by atoms with E-state index >= 15 is 0 Å². The quantitative estimate of drug-likeness (QED) is 0.248. The van der Waals surface area contributed by atoms with Crippen LogP contribution in [0.25, 0.3) is 10.7 Å². The molecule has 14 heteroatoms. The number of thioether (sulfide) groups is 1. The largest absolute Gasteiger partial charge is 0.394 e. The average molecular weight is 562 g/mol. The van der Waals surface area contributed by atoms with Crippen LogP contribution in [-0.4, -0.2) is 70.6 Å². The maximum atomic E-state index is 10.9. The van der Waals surface area contributed by atoms with Gasteiger partial charge in [-0.3, -0.25) is 0 Å². The van der Waals surface area contributed by atoms with Crippen molar-refractivity contribution in [1.82, 2.24) is 25.0 Å². The molecule has 2 unspecified atom stereocenters. The summed E-state index contributed by atoms with van der Waals surface area (Å²) < 4.78 is 7.87. The number of nitriles is 1. The molecule has 0 aliphatic rings. The number of aromatic nitrogens is 5. The summed E-state index contributed by atoms with van der Waals surface area (Å²) in [4.78, 5) is 8.66.